The zero-order valence-electron chi connectivity index (χ0n) is 12.0. The lowest BCUT2D eigenvalue weighted by molar-refractivity contribution is -0.173. The molecule has 0 saturated heterocycles. The van der Waals surface area contributed by atoms with Gasteiger partial charge >= 0.3 is 12.1 Å². The van der Waals surface area contributed by atoms with Crippen molar-refractivity contribution in [2.24, 2.45) is 0 Å². The first-order valence-electron chi connectivity index (χ1n) is 6.57. The van der Waals surface area contributed by atoms with Gasteiger partial charge in [0.2, 0.25) is 5.91 Å². The van der Waals surface area contributed by atoms with E-state index in [-0.39, 0.29) is 13.0 Å². The van der Waals surface area contributed by atoms with E-state index in [2.05, 4.69) is 5.32 Å². The van der Waals surface area contributed by atoms with Gasteiger partial charge in [0, 0.05) is 19.5 Å². The molecule has 0 aliphatic heterocycles. The second-order valence-electron chi connectivity index (χ2n) is 4.45. The van der Waals surface area contributed by atoms with Gasteiger partial charge in [0.05, 0.1) is 7.11 Å². The third-order valence-corrected chi connectivity index (χ3v) is 2.79. The number of alkyl halides is 3. The van der Waals surface area contributed by atoms with Crippen LogP contribution in [0.2, 0.25) is 0 Å². The molecule has 2 amide bonds. The summed E-state index contributed by atoms with van der Waals surface area (Å²) < 4.78 is 40.7. The van der Waals surface area contributed by atoms with Crippen molar-refractivity contribution in [1.82, 2.24) is 10.6 Å². The topological polar surface area (TPSA) is 67.4 Å². The van der Waals surface area contributed by atoms with Crippen LogP contribution in [0.25, 0.3) is 0 Å². The maximum absolute atomic E-state index is 11.9. The number of carbonyl (C=O) groups is 2. The van der Waals surface area contributed by atoms with Gasteiger partial charge in [-0.2, -0.15) is 13.2 Å². The minimum Gasteiger partial charge on any atom is -0.497 e. The summed E-state index contributed by atoms with van der Waals surface area (Å²) in [7, 11) is 1.56. The molecule has 1 aromatic rings. The van der Waals surface area contributed by atoms with Crippen LogP contribution in [0.4, 0.5) is 13.2 Å². The van der Waals surface area contributed by atoms with Crippen molar-refractivity contribution >= 4 is 11.8 Å². The van der Waals surface area contributed by atoms with Gasteiger partial charge in [-0.25, -0.2) is 0 Å². The van der Waals surface area contributed by atoms with Crippen LogP contribution in [-0.4, -0.2) is 38.2 Å². The Bertz CT molecular complexity index is 501. The number of ether oxygens (including phenoxy) is 1. The molecule has 22 heavy (non-hydrogen) atoms. The monoisotopic (exact) mass is 318 g/mol. The number of nitrogens with one attached hydrogen (secondary N) is 2. The van der Waals surface area contributed by atoms with E-state index >= 15 is 0 Å². The molecule has 8 heteroatoms. The van der Waals surface area contributed by atoms with E-state index in [1.54, 1.807) is 24.6 Å². The Kier molecular flexibility index (Phi) is 6.68. The predicted octanol–water partition coefficient (Wildman–Crippen LogP) is 1.42. The number of methoxy groups -OCH3 is 1. The highest BCUT2D eigenvalue weighted by molar-refractivity contribution is 5.82. The molecule has 0 fully saturated rings. The summed E-state index contributed by atoms with van der Waals surface area (Å²) in [5.74, 6) is -1.73. The minimum absolute atomic E-state index is 0.204. The van der Waals surface area contributed by atoms with Gasteiger partial charge < -0.3 is 15.4 Å². The highest BCUT2D eigenvalue weighted by Gasteiger charge is 2.38. The Morgan fingerprint density at radius 2 is 1.73 bits per heavy atom. The highest BCUT2D eigenvalue weighted by Crippen LogP contribution is 2.13. The molecule has 122 valence electrons. The molecule has 5 nitrogen and oxygen atoms in total. The van der Waals surface area contributed by atoms with Gasteiger partial charge in [0.1, 0.15) is 5.75 Å². The third kappa shape index (κ3) is 6.47. The molecular formula is C14H17F3N2O3. The van der Waals surface area contributed by atoms with E-state index in [1.807, 2.05) is 12.1 Å². The Morgan fingerprint density at radius 3 is 2.27 bits per heavy atom. The summed E-state index contributed by atoms with van der Waals surface area (Å²) in [6, 6.07) is 7.30. The van der Waals surface area contributed by atoms with Gasteiger partial charge in [-0.3, -0.25) is 9.59 Å². The number of rotatable bonds is 7. The normalized spacial score (nSPS) is 10.9. The van der Waals surface area contributed by atoms with Crippen molar-refractivity contribution in [3.63, 3.8) is 0 Å². The molecule has 0 bridgehead atoms. The summed E-state index contributed by atoms with van der Waals surface area (Å²) >= 11 is 0. The molecule has 0 atom stereocenters. The molecule has 0 spiro atoms. The van der Waals surface area contributed by atoms with E-state index in [0.717, 1.165) is 11.3 Å². The van der Waals surface area contributed by atoms with Crippen LogP contribution in [0, 0.1) is 0 Å². The second-order valence-corrected chi connectivity index (χ2v) is 4.45. The second kappa shape index (κ2) is 8.26. The van der Waals surface area contributed by atoms with Gasteiger partial charge in [-0.1, -0.05) is 12.1 Å². The molecule has 0 heterocycles. The molecule has 2 N–H and O–H groups in total. The van der Waals surface area contributed by atoms with Crippen molar-refractivity contribution < 1.29 is 27.5 Å². The number of amides is 2. The van der Waals surface area contributed by atoms with Crippen LogP contribution < -0.4 is 15.4 Å². The fraction of sp³-hybridized carbons (Fsp3) is 0.429. The molecule has 1 aromatic carbocycles. The summed E-state index contributed by atoms with van der Waals surface area (Å²) in [6.45, 7) is 0.00505. The number of benzene rings is 1. The van der Waals surface area contributed by atoms with E-state index in [4.69, 9.17) is 4.74 Å². The molecule has 1 rings (SSSR count). The smallest absolute Gasteiger partial charge is 0.471 e. The molecule has 0 radical (unpaired) electrons. The first kappa shape index (κ1) is 17.8. The van der Waals surface area contributed by atoms with Crippen molar-refractivity contribution in [3.05, 3.63) is 29.8 Å². The average molecular weight is 318 g/mol. The van der Waals surface area contributed by atoms with E-state index in [1.165, 1.54) is 0 Å². The van der Waals surface area contributed by atoms with Crippen LogP contribution >= 0.6 is 0 Å². The van der Waals surface area contributed by atoms with E-state index < -0.39 is 18.0 Å². The number of halogens is 3. The predicted molar refractivity (Wildman–Crippen MR) is 73.4 cm³/mol. The molecule has 0 unspecified atom stereocenters. The fourth-order valence-corrected chi connectivity index (χ4v) is 1.62. The zero-order valence-corrected chi connectivity index (χ0v) is 12.0. The zero-order chi connectivity index (χ0) is 16.6. The lowest BCUT2D eigenvalue weighted by Gasteiger charge is -2.08. The lowest BCUT2D eigenvalue weighted by Crippen LogP contribution is -2.39. The number of carbonyl (C=O) groups excluding carboxylic acids is 2. The fourth-order valence-electron chi connectivity index (χ4n) is 1.62. The van der Waals surface area contributed by atoms with Crippen LogP contribution in [-0.2, 0) is 16.0 Å². The Balaban J connectivity index is 2.19. The van der Waals surface area contributed by atoms with Gasteiger partial charge in [0.25, 0.3) is 0 Å². The molecule has 0 aliphatic carbocycles. The molecule has 0 aliphatic rings. The van der Waals surface area contributed by atoms with Gasteiger partial charge in [-0.15, -0.1) is 0 Å². The largest absolute Gasteiger partial charge is 0.497 e. The maximum Gasteiger partial charge on any atom is 0.471 e. The van der Waals surface area contributed by atoms with Crippen molar-refractivity contribution in [2.75, 3.05) is 20.2 Å². The lowest BCUT2D eigenvalue weighted by atomic mass is 10.1. The summed E-state index contributed by atoms with van der Waals surface area (Å²) in [5, 5.41) is 4.21. The minimum atomic E-state index is -4.93. The van der Waals surface area contributed by atoms with Crippen LogP contribution in [0.1, 0.15) is 12.0 Å². The Morgan fingerprint density at radius 1 is 1.09 bits per heavy atom. The van der Waals surface area contributed by atoms with Crippen LogP contribution in [0.15, 0.2) is 24.3 Å². The van der Waals surface area contributed by atoms with Gasteiger partial charge in [0.15, 0.2) is 0 Å². The Labute approximate surface area is 125 Å². The third-order valence-electron chi connectivity index (χ3n) is 2.79. The summed E-state index contributed by atoms with van der Waals surface area (Å²) in [5.41, 5.74) is 0.992. The molecular weight excluding hydrogens is 301 g/mol. The summed E-state index contributed by atoms with van der Waals surface area (Å²) in [4.78, 5) is 21.9. The summed E-state index contributed by atoms with van der Waals surface area (Å²) in [6.07, 6.45) is -4.54. The maximum atomic E-state index is 11.9. The van der Waals surface area contributed by atoms with Gasteiger partial charge in [-0.05, 0) is 24.1 Å². The SMILES string of the molecule is COc1ccc(CCNC(=O)CCNC(=O)C(F)(F)F)cc1. The van der Waals surface area contributed by atoms with E-state index in [0.29, 0.717) is 13.0 Å². The van der Waals surface area contributed by atoms with Crippen LogP contribution in [0.3, 0.4) is 0 Å². The van der Waals surface area contributed by atoms with E-state index in [9.17, 15) is 22.8 Å². The molecule has 0 aromatic heterocycles. The quantitative estimate of drug-likeness (QED) is 0.799. The first-order chi connectivity index (χ1) is 10.3. The number of hydrogen-bond acceptors (Lipinski definition) is 3. The Hall–Kier alpha value is -2.25. The highest BCUT2D eigenvalue weighted by atomic mass is 19.4. The van der Waals surface area contributed by atoms with Crippen molar-refractivity contribution in [3.8, 4) is 5.75 Å². The number of hydrogen-bond donors (Lipinski definition) is 2. The standard InChI is InChI=1S/C14H17F3N2O3/c1-22-11-4-2-10(3-5-11)6-8-18-12(20)7-9-19-13(21)14(15,16)17/h2-5H,6-9H2,1H3,(H,18,20)(H,19,21). The van der Waals surface area contributed by atoms with Crippen molar-refractivity contribution in [2.45, 2.75) is 19.0 Å². The van der Waals surface area contributed by atoms with Crippen molar-refractivity contribution in [1.29, 1.82) is 0 Å². The average Bonchev–Trinajstić information content (AvgIpc) is 2.47. The van der Waals surface area contributed by atoms with Crippen LogP contribution in [0.5, 0.6) is 5.75 Å². The molecule has 0 saturated carbocycles. The first-order valence-corrected chi connectivity index (χ1v) is 6.57.